The third-order valence-electron chi connectivity index (χ3n) is 3.52. The van der Waals surface area contributed by atoms with Crippen molar-refractivity contribution in [2.75, 3.05) is 5.32 Å². The minimum absolute atomic E-state index is 0.575. The predicted molar refractivity (Wildman–Crippen MR) is 68.2 cm³/mol. The molecule has 1 aliphatic rings. The summed E-state index contributed by atoms with van der Waals surface area (Å²) < 4.78 is 4.02. The van der Waals surface area contributed by atoms with E-state index in [4.69, 9.17) is 0 Å². The van der Waals surface area contributed by atoms with E-state index < -0.39 is 0 Å². The second-order valence-electron chi connectivity index (χ2n) is 4.86. The van der Waals surface area contributed by atoms with Crippen LogP contribution >= 0.6 is 0 Å². The van der Waals surface area contributed by atoms with Crippen LogP contribution in [0.2, 0.25) is 0 Å². The molecule has 2 heterocycles. The molecule has 0 spiro atoms. The van der Waals surface area contributed by atoms with E-state index in [2.05, 4.69) is 25.1 Å². The molecule has 96 valence electrons. The number of nitrogens with one attached hydrogen (secondary N) is 1. The Bertz CT molecular complexity index is 508. The van der Waals surface area contributed by atoms with Gasteiger partial charge in [-0.25, -0.2) is 4.98 Å². The van der Waals surface area contributed by atoms with E-state index in [1.807, 2.05) is 24.0 Å². The van der Waals surface area contributed by atoms with E-state index in [9.17, 15) is 0 Å². The van der Waals surface area contributed by atoms with Crippen LogP contribution in [0, 0.1) is 0 Å². The van der Waals surface area contributed by atoms with E-state index in [-0.39, 0.29) is 0 Å². The first-order valence-electron chi connectivity index (χ1n) is 6.43. The topological polar surface area (TPSA) is 60.6 Å². The number of imidazole rings is 1. The average molecular weight is 246 g/mol. The van der Waals surface area contributed by atoms with Crippen LogP contribution < -0.4 is 5.32 Å². The minimum atomic E-state index is 0.575. The summed E-state index contributed by atoms with van der Waals surface area (Å²) in [6.45, 7) is 0.700. The zero-order valence-electron chi connectivity index (χ0n) is 10.6. The Labute approximate surface area is 106 Å². The molecule has 3 rings (SSSR count). The van der Waals surface area contributed by atoms with Crippen LogP contribution in [-0.2, 0) is 13.6 Å². The summed E-state index contributed by atoms with van der Waals surface area (Å²) in [6, 6.07) is 0.575. The second-order valence-corrected chi connectivity index (χ2v) is 4.86. The molecule has 0 unspecified atom stereocenters. The number of hydrogen-bond acceptors (Lipinski definition) is 4. The molecule has 1 saturated carbocycles. The fourth-order valence-corrected chi connectivity index (χ4v) is 2.43. The van der Waals surface area contributed by atoms with Gasteiger partial charge in [0.2, 0.25) is 5.95 Å². The summed E-state index contributed by atoms with van der Waals surface area (Å²) in [5, 5.41) is 11.5. The monoisotopic (exact) mass is 246 g/mol. The van der Waals surface area contributed by atoms with Gasteiger partial charge in [-0.05, 0) is 12.8 Å². The van der Waals surface area contributed by atoms with Crippen molar-refractivity contribution in [1.29, 1.82) is 0 Å². The molecular weight excluding hydrogens is 228 g/mol. The van der Waals surface area contributed by atoms with Gasteiger partial charge >= 0.3 is 0 Å². The van der Waals surface area contributed by atoms with Gasteiger partial charge in [0.1, 0.15) is 6.33 Å². The van der Waals surface area contributed by atoms with Crippen LogP contribution in [-0.4, -0.2) is 30.4 Å². The molecule has 2 aromatic rings. The lowest BCUT2D eigenvalue weighted by Gasteiger charge is -2.14. The highest BCUT2D eigenvalue weighted by atomic mass is 15.3. The quantitative estimate of drug-likeness (QED) is 0.886. The third-order valence-corrected chi connectivity index (χ3v) is 3.52. The number of nitrogens with zero attached hydrogens (tertiary/aromatic N) is 5. The molecule has 0 aliphatic heterocycles. The van der Waals surface area contributed by atoms with E-state index in [1.54, 1.807) is 6.33 Å². The number of rotatable bonds is 4. The van der Waals surface area contributed by atoms with Gasteiger partial charge < -0.3 is 14.5 Å². The molecular formula is C12H18N6. The lowest BCUT2D eigenvalue weighted by Crippen LogP contribution is -2.19. The Balaban J connectivity index is 1.72. The molecule has 6 heteroatoms. The Kier molecular flexibility index (Phi) is 3.00. The summed E-state index contributed by atoms with van der Waals surface area (Å²) in [7, 11) is 1.95. The van der Waals surface area contributed by atoms with Crippen molar-refractivity contribution in [2.45, 2.75) is 38.3 Å². The van der Waals surface area contributed by atoms with Crippen molar-refractivity contribution < 1.29 is 0 Å². The van der Waals surface area contributed by atoms with E-state index in [0.717, 1.165) is 11.8 Å². The third kappa shape index (κ3) is 2.23. The van der Waals surface area contributed by atoms with Gasteiger partial charge in [-0.15, -0.1) is 10.2 Å². The fourth-order valence-electron chi connectivity index (χ4n) is 2.43. The molecule has 18 heavy (non-hydrogen) atoms. The molecule has 2 aromatic heterocycles. The summed E-state index contributed by atoms with van der Waals surface area (Å²) in [5.41, 5.74) is 0. The molecule has 0 atom stereocenters. The molecule has 0 bridgehead atoms. The van der Waals surface area contributed by atoms with Crippen molar-refractivity contribution >= 4 is 5.95 Å². The summed E-state index contributed by atoms with van der Waals surface area (Å²) in [6.07, 6.45) is 10.7. The molecule has 6 nitrogen and oxygen atoms in total. The summed E-state index contributed by atoms with van der Waals surface area (Å²) in [4.78, 5) is 4.38. The fraction of sp³-hybridized carbons (Fsp3) is 0.583. The highest BCUT2D eigenvalue weighted by Gasteiger charge is 2.16. The first-order chi connectivity index (χ1) is 8.83. The summed E-state index contributed by atoms with van der Waals surface area (Å²) >= 11 is 0. The Morgan fingerprint density at radius 3 is 2.94 bits per heavy atom. The minimum Gasteiger partial charge on any atom is -0.353 e. The van der Waals surface area contributed by atoms with Crippen LogP contribution in [0.15, 0.2) is 18.7 Å². The van der Waals surface area contributed by atoms with Gasteiger partial charge in [-0.2, -0.15) is 0 Å². The first kappa shape index (κ1) is 11.3. The van der Waals surface area contributed by atoms with Gasteiger partial charge in [-0.1, -0.05) is 12.8 Å². The Morgan fingerprint density at radius 2 is 2.22 bits per heavy atom. The van der Waals surface area contributed by atoms with E-state index in [1.165, 1.54) is 25.7 Å². The standard InChI is InChI=1S/C12H18N6/c1-17-9-14-16-11(17)8-18-7-6-13-12(18)15-10-4-2-3-5-10/h6-7,9-10H,2-5,8H2,1H3,(H,13,15). The molecule has 0 saturated heterocycles. The lowest BCUT2D eigenvalue weighted by atomic mass is 10.2. The van der Waals surface area contributed by atoms with Crippen LogP contribution in [0.5, 0.6) is 0 Å². The predicted octanol–water partition coefficient (Wildman–Crippen LogP) is 1.41. The van der Waals surface area contributed by atoms with Gasteiger partial charge in [0.15, 0.2) is 5.82 Å². The molecule has 1 fully saturated rings. The van der Waals surface area contributed by atoms with Gasteiger partial charge in [0.25, 0.3) is 0 Å². The zero-order chi connectivity index (χ0) is 12.4. The van der Waals surface area contributed by atoms with Gasteiger partial charge in [0.05, 0.1) is 6.54 Å². The number of aromatic nitrogens is 5. The molecule has 0 radical (unpaired) electrons. The van der Waals surface area contributed by atoms with Crippen molar-refractivity contribution in [3.63, 3.8) is 0 Å². The average Bonchev–Trinajstić information content (AvgIpc) is 3.06. The van der Waals surface area contributed by atoms with Crippen LogP contribution in [0.25, 0.3) is 0 Å². The summed E-state index contributed by atoms with van der Waals surface area (Å²) in [5.74, 6) is 1.87. The van der Waals surface area contributed by atoms with E-state index >= 15 is 0 Å². The van der Waals surface area contributed by atoms with Crippen LogP contribution in [0.3, 0.4) is 0 Å². The Hall–Kier alpha value is -1.85. The van der Waals surface area contributed by atoms with Crippen molar-refractivity contribution in [3.05, 3.63) is 24.5 Å². The SMILES string of the molecule is Cn1cnnc1Cn1ccnc1NC1CCCC1. The smallest absolute Gasteiger partial charge is 0.203 e. The number of hydrogen-bond donors (Lipinski definition) is 1. The first-order valence-corrected chi connectivity index (χ1v) is 6.43. The maximum atomic E-state index is 4.38. The van der Waals surface area contributed by atoms with Gasteiger partial charge in [-0.3, -0.25) is 0 Å². The highest BCUT2D eigenvalue weighted by molar-refractivity contribution is 5.28. The zero-order valence-corrected chi connectivity index (χ0v) is 10.6. The van der Waals surface area contributed by atoms with Crippen molar-refractivity contribution in [1.82, 2.24) is 24.3 Å². The maximum absolute atomic E-state index is 4.38. The van der Waals surface area contributed by atoms with Crippen molar-refractivity contribution in [2.24, 2.45) is 7.05 Å². The molecule has 1 N–H and O–H groups in total. The normalized spacial score (nSPS) is 16.3. The Morgan fingerprint density at radius 1 is 1.39 bits per heavy atom. The molecule has 0 aromatic carbocycles. The maximum Gasteiger partial charge on any atom is 0.203 e. The van der Waals surface area contributed by atoms with Crippen molar-refractivity contribution in [3.8, 4) is 0 Å². The van der Waals surface area contributed by atoms with Gasteiger partial charge in [0, 0.05) is 25.5 Å². The van der Waals surface area contributed by atoms with E-state index in [0.29, 0.717) is 12.6 Å². The number of aryl methyl sites for hydroxylation is 1. The number of anilines is 1. The largest absolute Gasteiger partial charge is 0.353 e. The lowest BCUT2D eigenvalue weighted by molar-refractivity contribution is 0.678. The van der Waals surface area contributed by atoms with Crippen LogP contribution in [0.1, 0.15) is 31.5 Å². The van der Waals surface area contributed by atoms with Crippen LogP contribution in [0.4, 0.5) is 5.95 Å². The molecule has 1 aliphatic carbocycles. The molecule has 0 amide bonds. The second kappa shape index (κ2) is 4.80. The highest BCUT2D eigenvalue weighted by Crippen LogP contribution is 2.21.